The molecular formula is C55H62ClF2N7O8. The molecule has 73 heavy (non-hydrogen) atoms. The number of urea groups is 1. The number of aliphatic hydroxyl groups is 1. The van der Waals surface area contributed by atoms with E-state index in [-0.39, 0.29) is 84.1 Å². The number of benzene rings is 4. The number of hydrogen-bond acceptors (Lipinski definition) is 10. The van der Waals surface area contributed by atoms with Crippen LogP contribution in [0.4, 0.5) is 19.3 Å². The van der Waals surface area contributed by atoms with Crippen LogP contribution in [-0.4, -0.2) is 121 Å². The van der Waals surface area contributed by atoms with Crippen LogP contribution in [0.5, 0.6) is 11.5 Å². The van der Waals surface area contributed by atoms with Crippen LogP contribution in [-0.2, 0) is 20.0 Å². The number of imide groups is 1. The quantitative estimate of drug-likeness (QED) is 0.107. The number of fused-ring (bicyclic) bond motifs is 2. The first kappa shape index (κ1) is 50.4. The largest absolute Gasteiger partial charge is 0.488 e. The Kier molecular flexibility index (Phi) is 14.2. The van der Waals surface area contributed by atoms with Gasteiger partial charge < -0.3 is 45.2 Å². The summed E-state index contributed by atoms with van der Waals surface area (Å²) < 4.78 is 44.6. The van der Waals surface area contributed by atoms with Crippen molar-refractivity contribution in [3.05, 3.63) is 111 Å². The molecule has 6 amide bonds. The fourth-order valence-corrected chi connectivity index (χ4v) is 12.8. The van der Waals surface area contributed by atoms with Gasteiger partial charge in [0, 0.05) is 97.6 Å². The molecule has 10 rings (SSSR count). The van der Waals surface area contributed by atoms with Gasteiger partial charge in [-0.05, 0) is 99.7 Å². The van der Waals surface area contributed by atoms with Gasteiger partial charge in [0.05, 0.1) is 17.2 Å². The zero-order valence-corrected chi connectivity index (χ0v) is 41.9. The predicted octanol–water partition coefficient (Wildman–Crippen LogP) is 7.13. The Morgan fingerprint density at radius 3 is 2.33 bits per heavy atom. The number of carbonyl (C=O) groups excluding carboxylic acids is 5. The lowest BCUT2D eigenvalue weighted by Gasteiger charge is -2.43. The second-order valence-corrected chi connectivity index (χ2v) is 20.9. The molecule has 0 bridgehead atoms. The molecule has 1 aliphatic carbocycles. The van der Waals surface area contributed by atoms with Crippen LogP contribution in [0, 0.1) is 17.6 Å². The molecular weight excluding hydrogens is 960 g/mol. The number of piperidine rings is 2. The molecule has 5 N–H and O–H groups in total. The highest BCUT2D eigenvalue weighted by Gasteiger charge is 2.51. The Hall–Kier alpha value is -6.14. The number of ether oxygens (including phenoxy) is 2. The van der Waals surface area contributed by atoms with E-state index >= 15 is 8.78 Å². The number of halogens is 3. The molecule has 0 radical (unpaired) electrons. The molecule has 15 nitrogen and oxygen atoms in total. The van der Waals surface area contributed by atoms with Crippen LogP contribution in [0.25, 0.3) is 11.1 Å². The Morgan fingerprint density at radius 1 is 0.918 bits per heavy atom. The van der Waals surface area contributed by atoms with E-state index in [1.807, 2.05) is 43.3 Å². The van der Waals surface area contributed by atoms with Gasteiger partial charge in [-0.3, -0.25) is 24.5 Å². The van der Waals surface area contributed by atoms with Gasteiger partial charge in [0.1, 0.15) is 24.2 Å². The van der Waals surface area contributed by atoms with Crippen molar-refractivity contribution in [2.45, 2.75) is 100 Å². The van der Waals surface area contributed by atoms with Crippen LogP contribution < -0.4 is 30.7 Å². The van der Waals surface area contributed by atoms with Crippen molar-refractivity contribution in [2.75, 3.05) is 64.4 Å². The number of nitrogens with one attached hydrogen (secondary N) is 2. The summed E-state index contributed by atoms with van der Waals surface area (Å²) in [5.74, 6) is -3.47. The van der Waals surface area contributed by atoms with Gasteiger partial charge in [-0.1, -0.05) is 61.0 Å². The summed E-state index contributed by atoms with van der Waals surface area (Å²) in [7, 11) is 1.74. The van der Waals surface area contributed by atoms with E-state index in [1.165, 1.54) is 28.7 Å². The fraction of sp³-hybridized carbons (Fsp3) is 0.473. The minimum absolute atomic E-state index is 0.0566. The van der Waals surface area contributed by atoms with Crippen LogP contribution in [0.15, 0.2) is 66.7 Å². The molecule has 0 aromatic heterocycles. The number of likely N-dealkylation sites (N-methyl/N-ethyl adjacent to an activating group) is 1. The second kappa shape index (κ2) is 20.6. The minimum Gasteiger partial charge on any atom is -0.488 e. The number of anilines is 1. The SMILES string of the molecule is C[C@H]1c2c(cc(F)c(Cl)c2-c2c(C(N)=O)ccc(OCCO)c2F)O[C@]1(CNC1CCC(C(=O)N2CCC(N3CCC(c4ccc5c(c4)N(C)C(=O)C5N4CCC(=O)NC4=O)CC3)CC2)CC1)c1ccccc1. The Bertz CT molecular complexity index is 2820. The summed E-state index contributed by atoms with van der Waals surface area (Å²) in [6.07, 6.45) is 6.98. The lowest BCUT2D eigenvalue weighted by Crippen LogP contribution is -2.52. The number of likely N-dealkylation sites (tertiary alicyclic amines) is 2. The summed E-state index contributed by atoms with van der Waals surface area (Å²) in [5.41, 5.74) is 8.06. The van der Waals surface area contributed by atoms with E-state index in [0.717, 1.165) is 94.4 Å². The number of hydrogen-bond donors (Lipinski definition) is 4. The molecule has 3 saturated heterocycles. The molecule has 6 aliphatic rings. The first-order valence-electron chi connectivity index (χ1n) is 25.6. The maximum Gasteiger partial charge on any atom is 0.325 e. The molecule has 1 unspecified atom stereocenters. The van der Waals surface area contributed by atoms with E-state index in [2.05, 4.69) is 32.6 Å². The van der Waals surface area contributed by atoms with E-state index in [0.29, 0.717) is 24.1 Å². The number of rotatable bonds is 13. The summed E-state index contributed by atoms with van der Waals surface area (Å²) in [6.45, 7) is 5.16. The summed E-state index contributed by atoms with van der Waals surface area (Å²) in [4.78, 5) is 72.3. The number of primary amides is 1. The third-order valence-electron chi connectivity index (χ3n) is 16.6. The van der Waals surface area contributed by atoms with Crippen molar-refractivity contribution in [3.63, 3.8) is 0 Å². The van der Waals surface area contributed by atoms with Crippen molar-refractivity contribution in [3.8, 4) is 22.6 Å². The topological polar surface area (TPSA) is 187 Å². The lowest BCUT2D eigenvalue weighted by atomic mass is 9.77. The van der Waals surface area contributed by atoms with Crippen molar-refractivity contribution in [2.24, 2.45) is 11.7 Å². The third kappa shape index (κ3) is 9.31. The van der Waals surface area contributed by atoms with Crippen LogP contribution in [0.3, 0.4) is 0 Å². The van der Waals surface area contributed by atoms with Gasteiger partial charge in [-0.25, -0.2) is 13.6 Å². The molecule has 3 atom stereocenters. The maximum absolute atomic E-state index is 16.5. The summed E-state index contributed by atoms with van der Waals surface area (Å²) in [6, 6.07) is 18.6. The molecule has 386 valence electrons. The zero-order chi connectivity index (χ0) is 51.3. The monoisotopic (exact) mass is 1020 g/mol. The number of amides is 6. The lowest BCUT2D eigenvalue weighted by molar-refractivity contribution is -0.138. The minimum atomic E-state index is -1.11. The highest BCUT2D eigenvalue weighted by Crippen LogP contribution is 2.57. The van der Waals surface area contributed by atoms with Gasteiger partial charge in [0.15, 0.2) is 17.2 Å². The molecule has 5 heterocycles. The maximum atomic E-state index is 16.5. The highest BCUT2D eigenvalue weighted by molar-refractivity contribution is 6.34. The molecule has 0 spiro atoms. The normalized spacial score (nSPS) is 24.8. The number of nitrogens with two attached hydrogens (primary N) is 1. The van der Waals surface area contributed by atoms with Crippen molar-refractivity contribution < 1.29 is 47.3 Å². The van der Waals surface area contributed by atoms with Crippen LogP contribution in [0.1, 0.15) is 115 Å². The third-order valence-corrected chi connectivity index (χ3v) is 16.9. The van der Waals surface area contributed by atoms with Gasteiger partial charge >= 0.3 is 6.03 Å². The predicted molar refractivity (Wildman–Crippen MR) is 269 cm³/mol. The molecule has 4 fully saturated rings. The van der Waals surface area contributed by atoms with Crippen LogP contribution >= 0.6 is 11.6 Å². The summed E-state index contributed by atoms with van der Waals surface area (Å²) in [5, 5.41) is 15.1. The highest BCUT2D eigenvalue weighted by atomic mass is 35.5. The van der Waals surface area contributed by atoms with E-state index in [1.54, 1.807) is 11.9 Å². The molecule has 1 saturated carbocycles. The average Bonchev–Trinajstić information content (AvgIpc) is 3.82. The Labute approximate surface area is 428 Å². The van der Waals surface area contributed by atoms with Crippen molar-refractivity contribution >= 4 is 46.9 Å². The molecule has 4 aromatic rings. The van der Waals surface area contributed by atoms with Crippen molar-refractivity contribution in [1.82, 2.24) is 25.3 Å². The van der Waals surface area contributed by atoms with E-state index in [4.69, 9.17) is 26.8 Å². The average molecular weight is 1020 g/mol. The van der Waals surface area contributed by atoms with Gasteiger partial charge in [0.2, 0.25) is 17.7 Å². The smallest absolute Gasteiger partial charge is 0.325 e. The van der Waals surface area contributed by atoms with E-state index < -0.39 is 46.2 Å². The van der Waals surface area contributed by atoms with Crippen LogP contribution in [0.2, 0.25) is 5.02 Å². The van der Waals surface area contributed by atoms with Gasteiger partial charge in [-0.15, -0.1) is 0 Å². The van der Waals surface area contributed by atoms with Gasteiger partial charge in [0.25, 0.3) is 5.91 Å². The van der Waals surface area contributed by atoms with E-state index in [9.17, 15) is 29.1 Å². The second-order valence-electron chi connectivity index (χ2n) is 20.5. The number of aliphatic hydroxyl groups excluding tert-OH is 1. The fourth-order valence-electron chi connectivity index (χ4n) is 12.5. The first-order chi connectivity index (χ1) is 35.2. The number of nitrogens with zero attached hydrogens (tertiary/aromatic N) is 4. The Balaban J connectivity index is 0.745. The molecule has 5 aliphatic heterocycles. The number of carbonyl (C=O) groups is 5. The molecule has 4 aromatic carbocycles. The molecule has 18 heteroatoms. The van der Waals surface area contributed by atoms with Gasteiger partial charge in [-0.2, -0.15) is 0 Å². The Morgan fingerprint density at radius 2 is 1.64 bits per heavy atom. The zero-order valence-electron chi connectivity index (χ0n) is 41.1. The first-order valence-corrected chi connectivity index (χ1v) is 26.0. The summed E-state index contributed by atoms with van der Waals surface area (Å²) >= 11 is 6.73. The standard InChI is InChI=1S/C55H62ClF2N7O8/c1-31-45-43(29-40(57)48(56)47(45)46-39(51(59)68)14-15-42(49(46)58)72-27-26-66)73-55(31,35-6-4-3-5-7-35)30-60-36-11-8-33(9-12-36)52(69)64-23-18-37(19-24-64)63-21-16-32(17-22-63)34-10-13-38-41(28-34)62(2)53(70)50(38)65-25-20-44(67)61-54(65)71/h3-7,10,13-15,28-29,31-33,36-37,50,60,66H,8-9,11-12,16-27,30H2,1-2H3,(H2,59,68)(H,61,67,71)/t31-,33?,36?,50?,55-/m0/s1. The van der Waals surface area contributed by atoms with Crippen molar-refractivity contribution in [1.29, 1.82) is 0 Å².